The fourth-order valence-corrected chi connectivity index (χ4v) is 2.01. The van der Waals surface area contributed by atoms with Crippen LogP contribution in [-0.4, -0.2) is 12.0 Å². The number of Topliss-reactive ketones (excluding diaryl/α,β-unsaturated/α-hetero) is 1. The van der Waals surface area contributed by atoms with Crippen LogP contribution in [0, 0.1) is 0 Å². The van der Waals surface area contributed by atoms with E-state index in [0.29, 0.717) is 6.42 Å². The summed E-state index contributed by atoms with van der Waals surface area (Å²) >= 11 is 0. The molecule has 0 heterocycles. The average Bonchev–Trinajstić information content (AvgIpc) is 2.36. The van der Waals surface area contributed by atoms with Crippen LogP contribution in [-0.2, 0) is 4.79 Å². The summed E-state index contributed by atoms with van der Waals surface area (Å²) in [5.74, 6) is -1.98. The molecular weight excluding hydrogens is 253 g/mol. The summed E-state index contributed by atoms with van der Waals surface area (Å²) in [6.45, 7) is 1.99. The topological polar surface area (TPSA) is 17.1 Å². The molecule has 0 aliphatic carbocycles. The maximum atomic E-state index is 13.0. The highest BCUT2D eigenvalue weighted by Crippen LogP contribution is 2.37. The summed E-state index contributed by atoms with van der Waals surface area (Å²) in [6.07, 6.45) is -2.07. The molecule has 1 unspecified atom stereocenters. The lowest BCUT2D eigenvalue weighted by atomic mass is 9.91. The van der Waals surface area contributed by atoms with Crippen LogP contribution in [0.4, 0.5) is 13.2 Å². The van der Waals surface area contributed by atoms with E-state index in [0.717, 1.165) is 12.8 Å². The van der Waals surface area contributed by atoms with Crippen LogP contribution < -0.4 is 0 Å². The molecular formula is C15H19F3O. The number of unbranched alkanes of at least 4 members (excludes halogenated alkanes) is 2. The zero-order chi connectivity index (χ0) is 14.3. The van der Waals surface area contributed by atoms with Crippen LogP contribution in [0.25, 0.3) is 0 Å². The van der Waals surface area contributed by atoms with E-state index in [2.05, 4.69) is 0 Å². The molecule has 0 N–H and O–H groups in total. The van der Waals surface area contributed by atoms with E-state index in [1.165, 1.54) is 12.1 Å². The molecule has 0 saturated carbocycles. The third-order valence-electron chi connectivity index (χ3n) is 3.09. The Morgan fingerprint density at radius 1 is 1.16 bits per heavy atom. The average molecular weight is 272 g/mol. The zero-order valence-corrected chi connectivity index (χ0v) is 11.0. The molecule has 0 spiro atoms. The lowest BCUT2D eigenvalue weighted by Gasteiger charge is -2.20. The maximum absolute atomic E-state index is 13.0. The van der Waals surface area contributed by atoms with Crippen molar-refractivity contribution in [1.82, 2.24) is 0 Å². The van der Waals surface area contributed by atoms with Crippen molar-refractivity contribution in [2.75, 3.05) is 0 Å². The lowest BCUT2D eigenvalue weighted by molar-refractivity contribution is -0.156. The summed E-state index contributed by atoms with van der Waals surface area (Å²) in [5, 5.41) is 0. The van der Waals surface area contributed by atoms with Crippen LogP contribution in [0.2, 0.25) is 0 Å². The number of benzene rings is 1. The highest BCUT2D eigenvalue weighted by atomic mass is 19.4. The van der Waals surface area contributed by atoms with E-state index in [-0.39, 0.29) is 17.8 Å². The van der Waals surface area contributed by atoms with Gasteiger partial charge in [-0.25, -0.2) is 0 Å². The highest BCUT2D eigenvalue weighted by Gasteiger charge is 2.41. The molecule has 1 rings (SSSR count). The van der Waals surface area contributed by atoms with Crippen molar-refractivity contribution in [2.45, 2.75) is 51.1 Å². The Morgan fingerprint density at radius 2 is 1.79 bits per heavy atom. The molecule has 0 fully saturated rings. The number of alkyl halides is 3. The molecule has 1 aromatic carbocycles. The summed E-state index contributed by atoms with van der Waals surface area (Å²) in [4.78, 5) is 11.6. The Balaban J connectivity index is 2.69. The standard InChI is InChI=1S/C15H19F3O/c1-2-3-5-10-13(19)11-14(15(16,17)18)12-8-6-4-7-9-12/h4,6-9,14H,2-3,5,10-11H2,1H3. The highest BCUT2D eigenvalue weighted by molar-refractivity contribution is 5.79. The number of hydrogen-bond donors (Lipinski definition) is 0. The lowest BCUT2D eigenvalue weighted by Crippen LogP contribution is -2.23. The first kappa shape index (κ1) is 15.7. The first-order valence-electron chi connectivity index (χ1n) is 6.58. The molecule has 1 atom stereocenters. The molecule has 4 heteroatoms. The molecule has 1 aromatic rings. The van der Waals surface area contributed by atoms with Gasteiger partial charge in [0.25, 0.3) is 0 Å². The Bertz CT molecular complexity index is 384. The summed E-state index contributed by atoms with van der Waals surface area (Å²) < 4.78 is 39.0. The Labute approximate surface area is 111 Å². The molecule has 0 aromatic heterocycles. The molecule has 0 aliphatic rings. The van der Waals surface area contributed by atoms with Gasteiger partial charge in [-0.05, 0) is 12.0 Å². The van der Waals surface area contributed by atoms with Crippen molar-refractivity contribution in [3.63, 3.8) is 0 Å². The second-order valence-electron chi connectivity index (χ2n) is 4.70. The first-order chi connectivity index (χ1) is 8.95. The molecule has 106 valence electrons. The van der Waals surface area contributed by atoms with Crippen molar-refractivity contribution >= 4 is 5.78 Å². The van der Waals surface area contributed by atoms with Gasteiger partial charge in [-0.2, -0.15) is 13.2 Å². The normalized spacial score (nSPS) is 13.3. The van der Waals surface area contributed by atoms with Crippen LogP contribution >= 0.6 is 0 Å². The van der Waals surface area contributed by atoms with Crippen molar-refractivity contribution in [2.24, 2.45) is 0 Å². The predicted molar refractivity (Wildman–Crippen MR) is 69.0 cm³/mol. The van der Waals surface area contributed by atoms with Gasteiger partial charge in [0.05, 0.1) is 5.92 Å². The Hall–Kier alpha value is -1.32. The minimum Gasteiger partial charge on any atom is -0.300 e. The number of hydrogen-bond acceptors (Lipinski definition) is 1. The van der Waals surface area contributed by atoms with Crippen LogP contribution in [0.15, 0.2) is 30.3 Å². The molecule has 0 aliphatic heterocycles. The Morgan fingerprint density at radius 3 is 2.32 bits per heavy atom. The van der Waals surface area contributed by atoms with Crippen LogP contribution in [0.3, 0.4) is 0 Å². The van der Waals surface area contributed by atoms with Gasteiger partial charge in [0.2, 0.25) is 0 Å². The number of rotatable bonds is 7. The van der Waals surface area contributed by atoms with Gasteiger partial charge in [0, 0.05) is 12.8 Å². The first-order valence-corrected chi connectivity index (χ1v) is 6.58. The molecule has 19 heavy (non-hydrogen) atoms. The van der Waals surface area contributed by atoms with Crippen molar-refractivity contribution in [3.8, 4) is 0 Å². The van der Waals surface area contributed by atoms with Gasteiger partial charge in [-0.15, -0.1) is 0 Å². The number of carbonyl (C=O) groups excluding carboxylic acids is 1. The van der Waals surface area contributed by atoms with Gasteiger partial charge >= 0.3 is 6.18 Å². The number of ketones is 1. The SMILES string of the molecule is CCCCCC(=O)CC(c1ccccc1)C(F)(F)F. The maximum Gasteiger partial charge on any atom is 0.396 e. The van der Waals surface area contributed by atoms with Crippen molar-refractivity contribution in [1.29, 1.82) is 0 Å². The second-order valence-corrected chi connectivity index (χ2v) is 4.70. The largest absolute Gasteiger partial charge is 0.396 e. The minimum absolute atomic E-state index is 0.166. The summed E-state index contributed by atoms with van der Waals surface area (Å²) in [5.41, 5.74) is 0.166. The van der Waals surface area contributed by atoms with Crippen molar-refractivity contribution < 1.29 is 18.0 Å². The number of halogens is 3. The van der Waals surface area contributed by atoms with E-state index < -0.39 is 18.5 Å². The van der Waals surface area contributed by atoms with Crippen LogP contribution in [0.5, 0.6) is 0 Å². The zero-order valence-electron chi connectivity index (χ0n) is 11.0. The summed E-state index contributed by atoms with van der Waals surface area (Å²) in [7, 11) is 0. The third-order valence-corrected chi connectivity index (χ3v) is 3.09. The van der Waals surface area contributed by atoms with Crippen molar-refractivity contribution in [3.05, 3.63) is 35.9 Å². The molecule has 1 nitrogen and oxygen atoms in total. The number of carbonyl (C=O) groups is 1. The van der Waals surface area contributed by atoms with E-state index in [1.54, 1.807) is 18.2 Å². The second kappa shape index (κ2) is 7.31. The molecule has 0 amide bonds. The fourth-order valence-electron chi connectivity index (χ4n) is 2.01. The van der Waals surface area contributed by atoms with E-state index >= 15 is 0 Å². The van der Waals surface area contributed by atoms with Gasteiger partial charge < -0.3 is 0 Å². The fraction of sp³-hybridized carbons (Fsp3) is 0.533. The summed E-state index contributed by atoms with van der Waals surface area (Å²) in [6, 6.07) is 7.65. The quantitative estimate of drug-likeness (QED) is 0.647. The minimum atomic E-state index is -4.37. The van der Waals surface area contributed by atoms with Crippen LogP contribution in [0.1, 0.15) is 50.5 Å². The van der Waals surface area contributed by atoms with Gasteiger partial charge in [0.1, 0.15) is 5.78 Å². The van der Waals surface area contributed by atoms with Gasteiger partial charge in [-0.3, -0.25) is 4.79 Å². The molecule has 0 bridgehead atoms. The van der Waals surface area contributed by atoms with E-state index in [1.807, 2.05) is 6.92 Å². The monoisotopic (exact) mass is 272 g/mol. The molecule has 0 saturated heterocycles. The third kappa shape index (κ3) is 5.45. The predicted octanol–water partition coefficient (Wildman–Crippen LogP) is 4.87. The smallest absolute Gasteiger partial charge is 0.300 e. The Kier molecular flexibility index (Phi) is 6.06. The van der Waals surface area contributed by atoms with E-state index in [4.69, 9.17) is 0 Å². The van der Waals surface area contributed by atoms with E-state index in [9.17, 15) is 18.0 Å². The van der Waals surface area contributed by atoms with Gasteiger partial charge in [-0.1, -0.05) is 50.1 Å². The van der Waals surface area contributed by atoms with Gasteiger partial charge in [0.15, 0.2) is 0 Å². The molecule has 0 radical (unpaired) electrons.